The van der Waals surface area contributed by atoms with Crippen molar-refractivity contribution in [1.29, 1.82) is 0 Å². The molecule has 2 heterocycles. The standard InChI is InChI=1S/C31H34F2N2O4/c1-18(2)39-30-19(3)29(25-7-6-23(32)16-27(25)33)26(20-4-5-20)14-22(30)17-34-11-9-24(10-12-34)35-13-8-21(31(37)38)15-28(35)36/h6-8,13-16,18,20,24H,4-5,9-12,17H2,1-3H3,(H,37,38). The number of halogens is 2. The van der Waals surface area contributed by atoms with E-state index >= 15 is 0 Å². The fourth-order valence-electron chi connectivity index (χ4n) is 5.70. The lowest BCUT2D eigenvalue weighted by atomic mass is 9.88. The molecule has 2 aromatic carbocycles. The highest BCUT2D eigenvalue weighted by Crippen LogP contribution is 2.49. The number of benzene rings is 2. The predicted molar refractivity (Wildman–Crippen MR) is 145 cm³/mol. The molecule has 39 heavy (non-hydrogen) atoms. The molecule has 1 aromatic heterocycles. The van der Waals surface area contributed by atoms with Gasteiger partial charge in [0.1, 0.15) is 17.4 Å². The van der Waals surface area contributed by atoms with Crippen molar-refractivity contribution in [1.82, 2.24) is 9.47 Å². The van der Waals surface area contributed by atoms with Crippen LogP contribution in [0.1, 0.15) is 78.5 Å². The Balaban J connectivity index is 1.42. The number of carboxylic acid groups (broad SMARTS) is 1. The average Bonchev–Trinajstić information content (AvgIpc) is 3.72. The van der Waals surface area contributed by atoms with Gasteiger partial charge < -0.3 is 14.4 Å². The van der Waals surface area contributed by atoms with Crippen LogP contribution in [0, 0.1) is 18.6 Å². The number of likely N-dealkylation sites (tertiary alicyclic amines) is 1. The Kier molecular flexibility index (Phi) is 7.58. The van der Waals surface area contributed by atoms with Gasteiger partial charge in [0.2, 0.25) is 0 Å². The minimum atomic E-state index is -1.11. The zero-order valence-corrected chi connectivity index (χ0v) is 22.5. The van der Waals surface area contributed by atoms with Crippen molar-refractivity contribution >= 4 is 5.97 Å². The molecule has 0 spiro atoms. The van der Waals surface area contributed by atoms with Gasteiger partial charge in [0.05, 0.1) is 11.7 Å². The summed E-state index contributed by atoms with van der Waals surface area (Å²) in [5.41, 5.74) is 3.91. The van der Waals surface area contributed by atoms with Crippen molar-refractivity contribution in [3.8, 4) is 16.9 Å². The normalized spacial score (nSPS) is 16.6. The van der Waals surface area contributed by atoms with E-state index in [1.807, 2.05) is 20.8 Å². The topological polar surface area (TPSA) is 71.8 Å². The lowest BCUT2D eigenvalue weighted by Gasteiger charge is -2.34. The van der Waals surface area contributed by atoms with Crippen LogP contribution in [0.25, 0.3) is 11.1 Å². The van der Waals surface area contributed by atoms with E-state index in [0.29, 0.717) is 18.0 Å². The van der Waals surface area contributed by atoms with E-state index in [9.17, 15) is 18.4 Å². The van der Waals surface area contributed by atoms with Crippen molar-refractivity contribution < 1.29 is 23.4 Å². The second-order valence-electron chi connectivity index (χ2n) is 11.0. The van der Waals surface area contributed by atoms with Gasteiger partial charge in [0.25, 0.3) is 5.56 Å². The highest BCUT2D eigenvalue weighted by atomic mass is 19.1. The maximum Gasteiger partial charge on any atom is 0.335 e. The fraction of sp³-hybridized carbons (Fsp3) is 0.419. The summed E-state index contributed by atoms with van der Waals surface area (Å²) >= 11 is 0. The first-order valence-electron chi connectivity index (χ1n) is 13.6. The molecule has 0 atom stereocenters. The van der Waals surface area contributed by atoms with E-state index < -0.39 is 17.6 Å². The smallest absolute Gasteiger partial charge is 0.335 e. The van der Waals surface area contributed by atoms with Gasteiger partial charge in [-0.3, -0.25) is 9.69 Å². The molecule has 8 heteroatoms. The van der Waals surface area contributed by atoms with E-state index in [4.69, 9.17) is 9.84 Å². The lowest BCUT2D eigenvalue weighted by molar-refractivity contribution is 0.0696. The molecule has 1 N–H and O–H groups in total. The van der Waals surface area contributed by atoms with Gasteiger partial charge in [-0.25, -0.2) is 13.6 Å². The molecule has 0 bridgehead atoms. The quantitative estimate of drug-likeness (QED) is 0.366. The van der Waals surface area contributed by atoms with Crippen molar-refractivity contribution in [3.63, 3.8) is 0 Å². The number of aromatic nitrogens is 1. The van der Waals surface area contributed by atoms with Gasteiger partial charge in [-0.1, -0.05) is 0 Å². The number of carbonyl (C=O) groups is 1. The molecule has 6 nitrogen and oxygen atoms in total. The summed E-state index contributed by atoms with van der Waals surface area (Å²) in [7, 11) is 0. The van der Waals surface area contributed by atoms with Crippen LogP contribution >= 0.6 is 0 Å². The van der Waals surface area contributed by atoms with Crippen molar-refractivity contribution in [2.75, 3.05) is 13.1 Å². The molecule has 2 fully saturated rings. The minimum absolute atomic E-state index is 0.00262. The van der Waals surface area contributed by atoms with Crippen LogP contribution in [0.4, 0.5) is 8.78 Å². The highest BCUT2D eigenvalue weighted by Gasteiger charge is 2.32. The Bertz CT molecular complexity index is 1450. The SMILES string of the molecule is Cc1c(OC(C)C)c(CN2CCC(n3ccc(C(=O)O)cc3=O)CC2)cc(C2CC2)c1-c1ccc(F)cc1F. The minimum Gasteiger partial charge on any atom is -0.490 e. The zero-order chi connectivity index (χ0) is 27.8. The summed E-state index contributed by atoms with van der Waals surface area (Å²) in [6.07, 6.45) is 5.12. The van der Waals surface area contributed by atoms with Gasteiger partial charge >= 0.3 is 5.97 Å². The Hall–Kier alpha value is -3.52. The van der Waals surface area contributed by atoms with Crippen molar-refractivity contribution in [2.45, 2.75) is 71.1 Å². The molecule has 0 radical (unpaired) electrons. The van der Waals surface area contributed by atoms with Crippen LogP contribution in [0.3, 0.4) is 0 Å². The first kappa shape index (κ1) is 27.1. The lowest BCUT2D eigenvalue weighted by Crippen LogP contribution is -2.37. The molecular formula is C31H34F2N2O4. The van der Waals surface area contributed by atoms with Crippen molar-refractivity contribution in [2.24, 2.45) is 0 Å². The summed E-state index contributed by atoms with van der Waals surface area (Å²) in [4.78, 5) is 26.0. The van der Waals surface area contributed by atoms with Gasteiger partial charge in [-0.2, -0.15) is 0 Å². The molecule has 1 saturated heterocycles. The molecule has 0 unspecified atom stereocenters. The Morgan fingerprint density at radius 2 is 1.79 bits per heavy atom. The first-order chi connectivity index (χ1) is 18.6. The van der Waals surface area contributed by atoms with E-state index in [1.165, 1.54) is 24.3 Å². The number of rotatable bonds is 8. The highest BCUT2D eigenvalue weighted by molar-refractivity contribution is 5.87. The van der Waals surface area contributed by atoms with Gasteiger partial charge in [-0.05, 0) is 93.3 Å². The largest absolute Gasteiger partial charge is 0.490 e. The van der Waals surface area contributed by atoms with Gasteiger partial charge in [0, 0.05) is 55.1 Å². The second kappa shape index (κ2) is 10.9. The predicted octanol–water partition coefficient (Wildman–Crippen LogP) is 6.30. The van der Waals surface area contributed by atoms with Crippen LogP contribution in [0.2, 0.25) is 0 Å². The zero-order valence-electron chi connectivity index (χ0n) is 22.5. The number of piperidine rings is 1. The van der Waals surface area contributed by atoms with Crippen LogP contribution in [-0.2, 0) is 6.54 Å². The molecule has 1 aliphatic heterocycles. The van der Waals surface area contributed by atoms with E-state index in [0.717, 1.165) is 72.8 Å². The Morgan fingerprint density at radius 1 is 1.08 bits per heavy atom. The molecule has 1 saturated carbocycles. The summed E-state index contributed by atoms with van der Waals surface area (Å²) < 4.78 is 36.6. The number of hydrogen-bond donors (Lipinski definition) is 1. The second-order valence-corrected chi connectivity index (χ2v) is 11.0. The summed E-state index contributed by atoms with van der Waals surface area (Å²) in [6, 6.07) is 8.57. The molecular weight excluding hydrogens is 502 g/mol. The van der Waals surface area contributed by atoms with E-state index in [1.54, 1.807) is 10.8 Å². The Labute approximate surface area is 226 Å². The molecule has 206 valence electrons. The maximum absolute atomic E-state index is 15.0. The number of hydrogen-bond acceptors (Lipinski definition) is 4. The molecule has 0 amide bonds. The number of aromatic carboxylic acids is 1. The number of ether oxygens (including phenoxy) is 1. The molecule has 1 aliphatic carbocycles. The van der Waals surface area contributed by atoms with Crippen molar-refractivity contribution in [3.05, 3.63) is 86.8 Å². The van der Waals surface area contributed by atoms with Crippen LogP contribution < -0.4 is 10.3 Å². The van der Waals surface area contributed by atoms with Crippen LogP contribution in [0.5, 0.6) is 5.75 Å². The van der Waals surface area contributed by atoms with Crippen LogP contribution in [0.15, 0.2) is 47.4 Å². The van der Waals surface area contributed by atoms with E-state index in [2.05, 4.69) is 11.0 Å². The summed E-state index contributed by atoms with van der Waals surface area (Å²) in [6.45, 7) is 8.10. The number of pyridine rings is 1. The third kappa shape index (κ3) is 5.76. The van der Waals surface area contributed by atoms with Crippen LogP contribution in [-0.4, -0.2) is 39.7 Å². The monoisotopic (exact) mass is 536 g/mol. The molecule has 2 aliphatic rings. The average molecular weight is 537 g/mol. The maximum atomic E-state index is 15.0. The summed E-state index contributed by atoms with van der Waals surface area (Å²) in [5.74, 6) is -1.18. The Morgan fingerprint density at radius 3 is 2.38 bits per heavy atom. The molecule has 3 aromatic rings. The van der Waals surface area contributed by atoms with E-state index in [-0.39, 0.29) is 23.3 Å². The van der Waals surface area contributed by atoms with Gasteiger partial charge in [0.15, 0.2) is 0 Å². The molecule has 5 rings (SSSR count). The first-order valence-corrected chi connectivity index (χ1v) is 13.6. The summed E-state index contributed by atoms with van der Waals surface area (Å²) in [5, 5.41) is 9.15. The third-order valence-corrected chi connectivity index (χ3v) is 7.74. The number of carboxylic acids is 1. The fourth-order valence-corrected chi connectivity index (χ4v) is 5.70. The number of nitrogens with zero attached hydrogens (tertiary/aromatic N) is 2. The third-order valence-electron chi connectivity index (χ3n) is 7.74. The van der Waals surface area contributed by atoms with Gasteiger partial charge in [-0.15, -0.1) is 0 Å².